The Morgan fingerprint density at radius 3 is 1.23 bits per heavy atom. The van der Waals surface area contributed by atoms with Crippen LogP contribution in [-0.4, -0.2) is 28.7 Å². The van der Waals surface area contributed by atoms with E-state index < -0.39 is 11.9 Å². The molecule has 0 spiro atoms. The van der Waals surface area contributed by atoms with Crippen LogP contribution in [0.15, 0.2) is 0 Å². The number of carboxylic acid groups (broad SMARTS) is 2. The summed E-state index contributed by atoms with van der Waals surface area (Å²) in [5.41, 5.74) is 5.17. The van der Waals surface area contributed by atoms with E-state index in [0.717, 1.165) is 20.4 Å². The van der Waals surface area contributed by atoms with Crippen LogP contribution in [0.1, 0.15) is 27.7 Å². The predicted molar refractivity (Wildman–Crippen MR) is 50.5 cm³/mol. The van der Waals surface area contributed by atoms with Gasteiger partial charge in [0.1, 0.15) is 0 Å². The van der Waals surface area contributed by atoms with Crippen molar-refractivity contribution in [1.29, 1.82) is 0 Å². The molecule has 0 atom stereocenters. The lowest BCUT2D eigenvalue weighted by atomic mass is 10.2. The topological polar surface area (TPSA) is 101 Å². The molecule has 0 aliphatic heterocycles. The SMILES string of the molecule is CC(=O)O.CC(=O)O.CC(C)CN. The van der Waals surface area contributed by atoms with E-state index in [1.165, 1.54) is 0 Å². The van der Waals surface area contributed by atoms with Crippen molar-refractivity contribution in [3.8, 4) is 0 Å². The molecule has 0 rings (SSSR count). The highest BCUT2D eigenvalue weighted by molar-refractivity contribution is 5.63. The summed E-state index contributed by atoms with van der Waals surface area (Å²) in [4.78, 5) is 18.0. The maximum absolute atomic E-state index is 9.00. The maximum atomic E-state index is 9.00. The van der Waals surface area contributed by atoms with Crippen molar-refractivity contribution >= 4 is 11.9 Å². The number of carboxylic acids is 2. The smallest absolute Gasteiger partial charge is 0.300 e. The standard InChI is InChI=1S/C4H11N.2C2H4O2/c1-4(2)3-5;2*1-2(3)4/h4H,3,5H2,1-2H3;2*1H3,(H,3,4). The normalized spacial score (nSPS) is 7.54. The van der Waals surface area contributed by atoms with Crippen LogP contribution in [0.3, 0.4) is 0 Å². The van der Waals surface area contributed by atoms with Crippen LogP contribution in [0, 0.1) is 5.92 Å². The Hall–Kier alpha value is -1.10. The minimum Gasteiger partial charge on any atom is -0.481 e. The zero-order valence-corrected chi connectivity index (χ0v) is 8.57. The zero-order chi connectivity index (χ0) is 11.4. The van der Waals surface area contributed by atoms with Crippen LogP contribution < -0.4 is 5.73 Å². The summed E-state index contributed by atoms with van der Waals surface area (Å²) >= 11 is 0. The van der Waals surface area contributed by atoms with Crippen molar-refractivity contribution in [3.63, 3.8) is 0 Å². The van der Waals surface area contributed by atoms with Crippen molar-refractivity contribution in [2.75, 3.05) is 6.54 Å². The van der Waals surface area contributed by atoms with Crippen molar-refractivity contribution in [2.24, 2.45) is 11.7 Å². The highest BCUT2D eigenvalue weighted by Crippen LogP contribution is 1.81. The average molecular weight is 193 g/mol. The highest BCUT2D eigenvalue weighted by Gasteiger charge is 1.80. The predicted octanol–water partition coefficient (Wildman–Crippen LogP) is 0.783. The maximum Gasteiger partial charge on any atom is 0.300 e. The molecule has 4 N–H and O–H groups in total. The third-order valence-electron chi connectivity index (χ3n) is 0.471. The number of rotatable bonds is 1. The first-order chi connectivity index (χ1) is 5.73. The number of hydrogen-bond donors (Lipinski definition) is 3. The number of carbonyl (C=O) groups is 2. The largest absolute Gasteiger partial charge is 0.481 e. The van der Waals surface area contributed by atoms with Crippen LogP contribution in [0.2, 0.25) is 0 Å². The van der Waals surface area contributed by atoms with Crippen LogP contribution in [0.5, 0.6) is 0 Å². The van der Waals surface area contributed by atoms with Gasteiger partial charge < -0.3 is 15.9 Å². The van der Waals surface area contributed by atoms with E-state index in [1.807, 2.05) is 0 Å². The van der Waals surface area contributed by atoms with Crippen LogP contribution >= 0.6 is 0 Å². The fraction of sp³-hybridized carbons (Fsp3) is 0.750. The second kappa shape index (κ2) is 13.5. The van der Waals surface area contributed by atoms with Crippen molar-refractivity contribution in [3.05, 3.63) is 0 Å². The molecule has 5 nitrogen and oxygen atoms in total. The monoisotopic (exact) mass is 193 g/mol. The Morgan fingerprint density at radius 2 is 1.23 bits per heavy atom. The van der Waals surface area contributed by atoms with E-state index in [0.29, 0.717) is 5.92 Å². The number of aliphatic carboxylic acids is 2. The first-order valence-electron chi connectivity index (χ1n) is 3.83. The van der Waals surface area contributed by atoms with E-state index >= 15 is 0 Å². The molecule has 0 unspecified atom stereocenters. The van der Waals surface area contributed by atoms with Gasteiger partial charge in [-0.1, -0.05) is 13.8 Å². The molecule has 0 aromatic carbocycles. The molecule has 0 saturated heterocycles. The Kier molecular flexibility index (Phi) is 18.5. The lowest BCUT2D eigenvalue weighted by Crippen LogP contribution is -2.05. The average Bonchev–Trinajstić information content (AvgIpc) is 1.84. The fourth-order valence-corrected chi connectivity index (χ4v) is 0. The molecule has 0 radical (unpaired) electrons. The summed E-state index contributed by atoms with van der Waals surface area (Å²) in [7, 11) is 0. The Balaban J connectivity index is -0.000000117. The molecule has 0 amide bonds. The van der Waals surface area contributed by atoms with E-state index in [1.54, 1.807) is 0 Å². The molecule has 0 aliphatic carbocycles. The second-order valence-corrected chi connectivity index (χ2v) is 2.67. The van der Waals surface area contributed by atoms with E-state index in [-0.39, 0.29) is 0 Å². The summed E-state index contributed by atoms with van der Waals surface area (Å²) in [5.74, 6) is -1.00. The molecule has 0 aromatic heterocycles. The molecule has 0 saturated carbocycles. The van der Waals surface area contributed by atoms with Gasteiger partial charge in [0.05, 0.1) is 0 Å². The first-order valence-corrected chi connectivity index (χ1v) is 3.83. The highest BCUT2D eigenvalue weighted by atomic mass is 16.4. The summed E-state index contributed by atoms with van der Waals surface area (Å²) in [6, 6.07) is 0. The van der Waals surface area contributed by atoms with Gasteiger partial charge in [-0.05, 0) is 12.5 Å². The molecule has 5 heteroatoms. The second-order valence-electron chi connectivity index (χ2n) is 2.67. The summed E-state index contributed by atoms with van der Waals surface area (Å²) in [6.07, 6.45) is 0. The lowest BCUT2D eigenvalue weighted by Gasteiger charge is -1.91. The molecule has 13 heavy (non-hydrogen) atoms. The van der Waals surface area contributed by atoms with Gasteiger partial charge in [-0.3, -0.25) is 9.59 Å². The minimum absolute atomic E-state index is 0.662. The van der Waals surface area contributed by atoms with Crippen LogP contribution in [-0.2, 0) is 9.59 Å². The molecule has 80 valence electrons. The Bertz CT molecular complexity index is 114. The molecule has 0 fully saturated rings. The Morgan fingerprint density at radius 1 is 1.15 bits per heavy atom. The lowest BCUT2D eigenvalue weighted by molar-refractivity contribution is -0.135. The van der Waals surface area contributed by atoms with E-state index in [2.05, 4.69) is 13.8 Å². The van der Waals surface area contributed by atoms with Crippen LogP contribution in [0.4, 0.5) is 0 Å². The molecule has 0 aromatic rings. The van der Waals surface area contributed by atoms with Crippen LogP contribution in [0.25, 0.3) is 0 Å². The van der Waals surface area contributed by atoms with Gasteiger partial charge in [0, 0.05) is 13.8 Å². The van der Waals surface area contributed by atoms with Crippen molar-refractivity contribution in [1.82, 2.24) is 0 Å². The molecular weight excluding hydrogens is 174 g/mol. The first kappa shape index (κ1) is 17.8. The molecule has 0 aliphatic rings. The molecule has 0 heterocycles. The van der Waals surface area contributed by atoms with E-state index in [9.17, 15) is 0 Å². The zero-order valence-electron chi connectivity index (χ0n) is 8.57. The fourth-order valence-electron chi connectivity index (χ4n) is 0. The minimum atomic E-state index is -0.833. The summed E-state index contributed by atoms with van der Waals surface area (Å²) in [5, 5.41) is 14.8. The quantitative estimate of drug-likeness (QED) is 0.571. The number of hydrogen-bond acceptors (Lipinski definition) is 3. The van der Waals surface area contributed by atoms with Gasteiger partial charge in [0.15, 0.2) is 0 Å². The number of nitrogens with two attached hydrogens (primary N) is 1. The molecule has 0 bridgehead atoms. The van der Waals surface area contributed by atoms with E-state index in [4.69, 9.17) is 25.5 Å². The van der Waals surface area contributed by atoms with Gasteiger partial charge in [-0.25, -0.2) is 0 Å². The van der Waals surface area contributed by atoms with Gasteiger partial charge >= 0.3 is 0 Å². The summed E-state index contributed by atoms with van der Waals surface area (Å²) in [6.45, 7) is 7.17. The molecular formula is C8H19NO4. The van der Waals surface area contributed by atoms with Gasteiger partial charge in [0.25, 0.3) is 11.9 Å². The third kappa shape index (κ3) is 1070. The van der Waals surface area contributed by atoms with Gasteiger partial charge in [-0.2, -0.15) is 0 Å². The van der Waals surface area contributed by atoms with Crippen molar-refractivity contribution in [2.45, 2.75) is 27.7 Å². The third-order valence-corrected chi connectivity index (χ3v) is 0.471. The van der Waals surface area contributed by atoms with Crippen molar-refractivity contribution < 1.29 is 19.8 Å². The summed E-state index contributed by atoms with van der Waals surface area (Å²) < 4.78 is 0. The Labute approximate surface area is 78.6 Å². The van der Waals surface area contributed by atoms with Gasteiger partial charge in [0.2, 0.25) is 0 Å². The van der Waals surface area contributed by atoms with Gasteiger partial charge in [-0.15, -0.1) is 0 Å².